The van der Waals surface area contributed by atoms with Crippen molar-refractivity contribution in [2.75, 3.05) is 26.3 Å². The summed E-state index contributed by atoms with van der Waals surface area (Å²) in [7, 11) is -3.50. The molecule has 0 radical (unpaired) electrons. The monoisotopic (exact) mass is 436 g/mol. The van der Waals surface area contributed by atoms with E-state index in [4.69, 9.17) is 9.15 Å². The zero-order valence-corrected chi connectivity index (χ0v) is 17.8. The van der Waals surface area contributed by atoms with Crippen LogP contribution in [0.4, 0.5) is 0 Å². The number of rotatable bonds is 7. The van der Waals surface area contributed by atoms with Gasteiger partial charge in [0.25, 0.3) is 10.0 Å². The first-order valence-electron chi connectivity index (χ1n) is 9.66. The first-order valence-corrected chi connectivity index (χ1v) is 11.9. The van der Waals surface area contributed by atoms with Crippen LogP contribution in [0.15, 0.2) is 39.0 Å². The maximum absolute atomic E-state index is 12.6. The summed E-state index contributed by atoms with van der Waals surface area (Å²) in [5.41, 5.74) is 0. The van der Waals surface area contributed by atoms with Crippen molar-refractivity contribution in [2.24, 2.45) is 5.92 Å². The minimum Gasteiger partial charge on any atom is -0.461 e. The van der Waals surface area contributed by atoms with Crippen LogP contribution in [0, 0.1) is 5.92 Å². The average Bonchev–Trinajstić information content (AvgIpc) is 3.14. The molecule has 3 heterocycles. The van der Waals surface area contributed by atoms with E-state index in [1.807, 2.05) is 12.1 Å². The molecular formula is C20H24N2O5S2. The number of ether oxygens (including phenoxy) is 1. The van der Waals surface area contributed by atoms with Crippen molar-refractivity contribution in [2.45, 2.75) is 30.0 Å². The lowest BCUT2D eigenvalue weighted by atomic mass is 10.3. The zero-order chi connectivity index (χ0) is 20.4. The number of morpholine rings is 1. The number of hydrogen-bond acceptors (Lipinski definition) is 6. The minimum atomic E-state index is -3.50. The summed E-state index contributed by atoms with van der Waals surface area (Å²) in [4.78, 5) is 12.8. The molecule has 1 amide bonds. The molecular weight excluding hydrogens is 412 g/mol. The molecule has 2 aromatic heterocycles. The largest absolute Gasteiger partial charge is 0.461 e. The van der Waals surface area contributed by atoms with E-state index < -0.39 is 10.0 Å². The van der Waals surface area contributed by atoms with Gasteiger partial charge in [0, 0.05) is 30.0 Å². The van der Waals surface area contributed by atoms with Gasteiger partial charge in [0.1, 0.15) is 15.7 Å². The summed E-state index contributed by atoms with van der Waals surface area (Å²) < 4.78 is 38.0. The van der Waals surface area contributed by atoms with Gasteiger partial charge in [-0.2, -0.15) is 4.31 Å². The number of nitrogens with one attached hydrogen (secondary N) is 1. The van der Waals surface area contributed by atoms with E-state index in [1.54, 1.807) is 18.2 Å². The molecule has 1 aliphatic heterocycles. The van der Waals surface area contributed by atoms with E-state index in [-0.39, 0.29) is 16.7 Å². The first-order chi connectivity index (χ1) is 13.9. The number of carbonyl (C=O) groups is 1. The van der Waals surface area contributed by atoms with E-state index >= 15 is 0 Å². The highest BCUT2D eigenvalue weighted by Gasteiger charge is 2.36. The Labute approximate surface area is 174 Å². The van der Waals surface area contributed by atoms with Crippen molar-refractivity contribution in [3.8, 4) is 0 Å². The van der Waals surface area contributed by atoms with Crippen LogP contribution in [-0.4, -0.2) is 44.9 Å². The van der Waals surface area contributed by atoms with Crippen molar-refractivity contribution < 1.29 is 22.4 Å². The normalized spacial score (nSPS) is 22.8. The second-order valence-corrected chi connectivity index (χ2v) is 10.7. The molecule has 29 heavy (non-hydrogen) atoms. The quantitative estimate of drug-likeness (QED) is 0.674. The van der Waals surface area contributed by atoms with Gasteiger partial charge in [0.2, 0.25) is 5.91 Å². The van der Waals surface area contributed by atoms with Gasteiger partial charge in [0.05, 0.1) is 19.8 Å². The summed E-state index contributed by atoms with van der Waals surface area (Å²) in [5.74, 6) is 2.56. The molecule has 2 aliphatic rings. The smallest absolute Gasteiger partial charge is 0.252 e. The Balaban J connectivity index is 1.30. The van der Waals surface area contributed by atoms with Crippen LogP contribution in [0.1, 0.15) is 35.7 Å². The summed E-state index contributed by atoms with van der Waals surface area (Å²) in [5, 5.41) is 2.78. The average molecular weight is 437 g/mol. The molecule has 2 atom stereocenters. The van der Waals surface area contributed by atoms with Crippen LogP contribution in [0.3, 0.4) is 0 Å². The molecule has 1 saturated heterocycles. The van der Waals surface area contributed by atoms with Gasteiger partial charge < -0.3 is 14.5 Å². The standard InChI is InChI=1S/C20H24N2O5S2/c1-14-12-17(14)18-5-2-15(27-18)3-6-19(23)21-13-16-4-7-20(28-16)29(24,25)22-8-10-26-11-9-22/h2-7,14,17H,8-13H2,1H3,(H,21,23)/b6-3+. The molecule has 1 aliphatic carbocycles. The molecule has 0 bridgehead atoms. The van der Waals surface area contributed by atoms with Gasteiger partial charge in [-0.15, -0.1) is 11.3 Å². The molecule has 2 fully saturated rings. The van der Waals surface area contributed by atoms with Gasteiger partial charge in [-0.1, -0.05) is 6.92 Å². The second-order valence-electron chi connectivity index (χ2n) is 7.35. The van der Waals surface area contributed by atoms with E-state index in [2.05, 4.69) is 12.2 Å². The topological polar surface area (TPSA) is 88.9 Å². The van der Waals surface area contributed by atoms with Crippen LogP contribution in [-0.2, 0) is 26.1 Å². The van der Waals surface area contributed by atoms with Gasteiger partial charge in [0.15, 0.2) is 0 Å². The lowest BCUT2D eigenvalue weighted by Gasteiger charge is -2.25. The third-order valence-electron chi connectivity index (χ3n) is 5.16. The van der Waals surface area contributed by atoms with Crippen molar-refractivity contribution >= 4 is 33.3 Å². The highest BCUT2D eigenvalue weighted by atomic mass is 32.2. The molecule has 9 heteroatoms. The molecule has 2 aromatic rings. The number of hydrogen-bond donors (Lipinski definition) is 1. The number of sulfonamides is 1. The number of nitrogens with zero attached hydrogens (tertiary/aromatic N) is 1. The number of amides is 1. The van der Waals surface area contributed by atoms with E-state index in [9.17, 15) is 13.2 Å². The van der Waals surface area contributed by atoms with Gasteiger partial charge in [-0.3, -0.25) is 4.79 Å². The molecule has 1 N–H and O–H groups in total. The Hall–Kier alpha value is -1.94. The Morgan fingerprint density at radius 2 is 2.03 bits per heavy atom. The summed E-state index contributed by atoms with van der Waals surface area (Å²) in [6.07, 6.45) is 4.23. The van der Waals surface area contributed by atoms with E-state index in [1.165, 1.54) is 21.7 Å². The van der Waals surface area contributed by atoms with Crippen LogP contribution in [0.5, 0.6) is 0 Å². The van der Waals surface area contributed by atoms with Crippen molar-refractivity contribution in [3.63, 3.8) is 0 Å². The van der Waals surface area contributed by atoms with Crippen LogP contribution in [0.25, 0.3) is 6.08 Å². The van der Waals surface area contributed by atoms with Gasteiger partial charge in [-0.05, 0) is 42.7 Å². The minimum absolute atomic E-state index is 0.256. The molecule has 0 spiro atoms. The Kier molecular flexibility index (Phi) is 5.91. The zero-order valence-electron chi connectivity index (χ0n) is 16.2. The maximum atomic E-state index is 12.6. The molecule has 4 rings (SSSR count). The van der Waals surface area contributed by atoms with E-state index in [0.717, 1.165) is 17.1 Å². The fourth-order valence-corrected chi connectivity index (χ4v) is 6.13. The SMILES string of the molecule is CC1CC1c1ccc(/C=C/C(=O)NCc2ccc(S(=O)(=O)N3CCOCC3)s2)o1. The summed E-state index contributed by atoms with van der Waals surface area (Å²) in [6.45, 7) is 4.03. The Bertz CT molecular complexity index is 1000. The summed E-state index contributed by atoms with van der Waals surface area (Å²) >= 11 is 1.18. The third kappa shape index (κ3) is 4.80. The van der Waals surface area contributed by atoms with Crippen LogP contribution >= 0.6 is 11.3 Å². The first kappa shape index (κ1) is 20.3. The fourth-order valence-electron chi connectivity index (χ4n) is 3.27. The maximum Gasteiger partial charge on any atom is 0.252 e. The van der Waals surface area contributed by atoms with Gasteiger partial charge >= 0.3 is 0 Å². The molecule has 1 saturated carbocycles. The molecule has 0 aromatic carbocycles. The number of furan rings is 1. The predicted octanol–water partition coefficient (Wildman–Crippen LogP) is 2.82. The van der Waals surface area contributed by atoms with Gasteiger partial charge in [-0.25, -0.2) is 8.42 Å². The predicted molar refractivity (Wildman–Crippen MR) is 110 cm³/mol. The lowest BCUT2D eigenvalue weighted by Crippen LogP contribution is -2.40. The molecule has 156 valence electrons. The summed E-state index contributed by atoms with van der Waals surface area (Å²) in [6, 6.07) is 7.16. The Morgan fingerprint density at radius 3 is 2.76 bits per heavy atom. The van der Waals surface area contributed by atoms with Crippen LogP contribution in [0.2, 0.25) is 0 Å². The van der Waals surface area contributed by atoms with Crippen molar-refractivity contribution in [1.29, 1.82) is 0 Å². The highest BCUT2D eigenvalue weighted by Crippen LogP contribution is 2.47. The van der Waals surface area contributed by atoms with Crippen molar-refractivity contribution in [3.05, 3.63) is 46.7 Å². The molecule has 2 unspecified atom stereocenters. The number of thiophene rings is 1. The Morgan fingerprint density at radius 1 is 1.28 bits per heavy atom. The van der Waals surface area contributed by atoms with E-state index in [0.29, 0.717) is 43.9 Å². The molecule has 7 nitrogen and oxygen atoms in total. The van der Waals surface area contributed by atoms with Crippen LogP contribution < -0.4 is 5.32 Å². The highest BCUT2D eigenvalue weighted by molar-refractivity contribution is 7.91. The second kappa shape index (κ2) is 8.43. The fraction of sp³-hybridized carbons (Fsp3) is 0.450. The van der Waals surface area contributed by atoms with Crippen molar-refractivity contribution in [1.82, 2.24) is 9.62 Å². The lowest BCUT2D eigenvalue weighted by molar-refractivity contribution is -0.116. The third-order valence-corrected chi connectivity index (χ3v) is 8.61. The number of carbonyl (C=O) groups excluding carboxylic acids is 1.